The smallest absolute Gasteiger partial charge is 0.143 e. The van der Waals surface area contributed by atoms with Gasteiger partial charge in [-0.05, 0) is 34.5 Å². The molecule has 0 fully saturated rings. The molecule has 1 aromatic rings. The lowest BCUT2D eigenvalue weighted by Crippen LogP contribution is -2.00. The lowest BCUT2D eigenvalue weighted by atomic mass is 10.2. The van der Waals surface area contributed by atoms with E-state index in [1.165, 1.54) is 0 Å². The van der Waals surface area contributed by atoms with Gasteiger partial charge in [-0.1, -0.05) is 25.5 Å². The number of Topliss-reactive ketones (excluding diaryl/α,β-unsaturated/α-hetero) is 1. The average Bonchev–Trinajstić information content (AvgIpc) is 2.25. The predicted octanol–water partition coefficient (Wildman–Crippen LogP) is 4.30. The number of benzene rings is 1. The second kappa shape index (κ2) is 7.07. The van der Waals surface area contributed by atoms with Gasteiger partial charge in [0.25, 0.3) is 0 Å². The van der Waals surface area contributed by atoms with Crippen LogP contribution in [0.25, 0.3) is 0 Å². The zero-order valence-electron chi connectivity index (χ0n) is 8.83. The van der Waals surface area contributed by atoms with E-state index in [1.54, 1.807) is 11.8 Å². The molecule has 0 bridgehead atoms. The average molecular weight is 287 g/mol. The SMILES string of the molecule is CCCCC(=O)CSc1ccccc1Br. The number of hydrogen-bond acceptors (Lipinski definition) is 2. The van der Waals surface area contributed by atoms with Crippen molar-refractivity contribution in [2.45, 2.75) is 31.1 Å². The molecule has 0 atom stereocenters. The molecule has 0 unspecified atom stereocenters. The molecule has 15 heavy (non-hydrogen) atoms. The molecule has 0 aliphatic heterocycles. The second-order valence-corrected chi connectivity index (χ2v) is 5.23. The van der Waals surface area contributed by atoms with Crippen LogP contribution in [0.2, 0.25) is 0 Å². The molecule has 0 aromatic heterocycles. The third-order valence-corrected chi connectivity index (χ3v) is 4.12. The highest BCUT2D eigenvalue weighted by atomic mass is 79.9. The maximum Gasteiger partial charge on any atom is 0.143 e. The summed E-state index contributed by atoms with van der Waals surface area (Å²) in [5.74, 6) is 0.931. The fraction of sp³-hybridized carbons (Fsp3) is 0.417. The van der Waals surface area contributed by atoms with Gasteiger partial charge in [-0.25, -0.2) is 0 Å². The summed E-state index contributed by atoms with van der Waals surface area (Å²) in [6.07, 6.45) is 2.81. The van der Waals surface area contributed by atoms with Crippen molar-refractivity contribution in [1.82, 2.24) is 0 Å². The molecule has 1 aromatic carbocycles. The molecule has 1 nitrogen and oxygen atoms in total. The number of halogens is 1. The fourth-order valence-electron chi connectivity index (χ4n) is 1.17. The van der Waals surface area contributed by atoms with Crippen LogP contribution in [0.3, 0.4) is 0 Å². The molecular formula is C12H15BrOS. The topological polar surface area (TPSA) is 17.1 Å². The summed E-state index contributed by atoms with van der Waals surface area (Å²) in [5, 5.41) is 0. The minimum absolute atomic E-state index is 0.345. The Hall–Kier alpha value is -0.280. The van der Waals surface area contributed by atoms with Crippen molar-refractivity contribution >= 4 is 33.5 Å². The van der Waals surface area contributed by atoms with Gasteiger partial charge in [0, 0.05) is 15.8 Å². The Kier molecular flexibility index (Phi) is 6.03. The van der Waals surface area contributed by atoms with Crippen molar-refractivity contribution in [1.29, 1.82) is 0 Å². The van der Waals surface area contributed by atoms with Gasteiger partial charge in [-0.2, -0.15) is 0 Å². The van der Waals surface area contributed by atoms with Crippen molar-refractivity contribution in [3.8, 4) is 0 Å². The monoisotopic (exact) mass is 286 g/mol. The van der Waals surface area contributed by atoms with Crippen LogP contribution in [0, 0.1) is 0 Å². The van der Waals surface area contributed by atoms with Crippen LogP contribution in [0.5, 0.6) is 0 Å². The summed E-state index contributed by atoms with van der Waals surface area (Å²) < 4.78 is 1.07. The fourth-order valence-corrected chi connectivity index (χ4v) is 2.64. The van der Waals surface area contributed by atoms with Crippen LogP contribution in [0.4, 0.5) is 0 Å². The van der Waals surface area contributed by atoms with E-state index in [2.05, 4.69) is 22.9 Å². The molecule has 0 saturated carbocycles. The summed E-state index contributed by atoms with van der Waals surface area (Å²) in [4.78, 5) is 12.6. The number of thioether (sulfide) groups is 1. The summed E-state index contributed by atoms with van der Waals surface area (Å²) in [5.41, 5.74) is 0. The third kappa shape index (κ3) is 4.85. The van der Waals surface area contributed by atoms with Gasteiger partial charge in [0.2, 0.25) is 0 Å². The highest BCUT2D eigenvalue weighted by Gasteiger charge is 2.04. The van der Waals surface area contributed by atoms with Gasteiger partial charge in [0.05, 0.1) is 5.75 Å². The van der Waals surface area contributed by atoms with Crippen LogP contribution < -0.4 is 0 Å². The minimum atomic E-state index is 0.345. The molecule has 0 aliphatic rings. The van der Waals surface area contributed by atoms with E-state index >= 15 is 0 Å². The summed E-state index contributed by atoms with van der Waals surface area (Å²) in [6.45, 7) is 2.11. The van der Waals surface area contributed by atoms with E-state index < -0.39 is 0 Å². The molecule has 0 spiro atoms. The van der Waals surface area contributed by atoms with Gasteiger partial charge in [0.15, 0.2) is 0 Å². The van der Waals surface area contributed by atoms with E-state index in [0.717, 1.165) is 22.2 Å². The molecule has 3 heteroatoms. The molecule has 0 aliphatic carbocycles. The maximum atomic E-state index is 11.5. The number of rotatable bonds is 6. The van der Waals surface area contributed by atoms with Gasteiger partial charge < -0.3 is 0 Å². The minimum Gasteiger partial charge on any atom is -0.299 e. The predicted molar refractivity (Wildman–Crippen MR) is 69.4 cm³/mol. The molecule has 0 heterocycles. The molecule has 0 radical (unpaired) electrons. The first-order valence-electron chi connectivity index (χ1n) is 5.13. The van der Waals surface area contributed by atoms with Crippen molar-refractivity contribution < 1.29 is 4.79 Å². The highest BCUT2D eigenvalue weighted by molar-refractivity contribution is 9.10. The van der Waals surface area contributed by atoms with E-state index in [-0.39, 0.29) is 0 Å². The Bertz CT molecular complexity index is 325. The zero-order valence-corrected chi connectivity index (χ0v) is 11.2. The molecule has 0 amide bonds. The zero-order chi connectivity index (χ0) is 11.1. The molecule has 0 saturated heterocycles. The van der Waals surface area contributed by atoms with Crippen molar-refractivity contribution in [3.05, 3.63) is 28.7 Å². The number of carbonyl (C=O) groups is 1. The number of carbonyl (C=O) groups excluding carboxylic acids is 1. The Morgan fingerprint density at radius 2 is 2.13 bits per heavy atom. The first kappa shape index (κ1) is 12.8. The van der Waals surface area contributed by atoms with Crippen molar-refractivity contribution in [2.24, 2.45) is 0 Å². The first-order chi connectivity index (χ1) is 7.24. The van der Waals surface area contributed by atoms with Crippen LogP contribution >= 0.6 is 27.7 Å². The van der Waals surface area contributed by atoms with E-state index in [4.69, 9.17) is 0 Å². The van der Waals surface area contributed by atoms with Gasteiger partial charge >= 0.3 is 0 Å². The summed E-state index contributed by atoms with van der Waals surface area (Å²) in [7, 11) is 0. The molecule has 82 valence electrons. The van der Waals surface area contributed by atoms with E-state index in [9.17, 15) is 4.79 Å². The lowest BCUT2D eigenvalue weighted by Gasteiger charge is -2.02. The first-order valence-corrected chi connectivity index (χ1v) is 6.91. The maximum absolute atomic E-state index is 11.5. The van der Waals surface area contributed by atoms with Crippen molar-refractivity contribution in [2.75, 3.05) is 5.75 Å². The Morgan fingerprint density at radius 1 is 1.40 bits per heavy atom. The summed E-state index contributed by atoms with van der Waals surface area (Å²) >= 11 is 5.08. The normalized spacial score (nSPS) is 10.3. The van der Waals surface area contributed by atoms with Gasteiger partial charge in [-0.15, -0.1) is 11.8 Å². The third-order valence-electron chi connectivity index (χ3n) is 2.03. The van der Waals surface area contributed by atoms with Crippen LogP contribution in [0.15, 0.2) is 33.6 Å². The highest BCUT2D eigenvalue weighted by Crippen LogP contribution is 2.27. The number of hydrogen-bond donors (Lipinski definition) is 0. The molecular weight excluding hydrogens is 272 g/mol. The van der Waals surface area contributed by atoms with Crippen LogP contribution in [-0.4, -0.2) is 11.5 Å². The van der Waals surface area contributed by atoms with Gasteiger partial charge in [0.1, 0.15) is 5.78 Å². The Morgan fingerprint density at radius 3 is 2.80 bits per heavy atom. The van der Waals surface area contributed by atoms with Gasteiger partial charge in [-0.3, -0.25) is 4.79 Å². The van der Waals surface area contributed by atoms with Crippen LogP contribution in [0.1, 0.15) is 26.2 Å². The van der Waals surface area contributed by atoms with E-state index in [1.807, 2.05) is 24.3 Å². The number of ketones is 1. The quantitative estimate of drug-likeness (QED) is 0.726. The van der Waals surface area contributed by atoms with Crippen molar-refractivity contribution in [3.63, 3.8) is 0 Å². The van der Waals surface area contributed by atoms with Crippen LogP contribution in [-0.2, 0) is 4.79 Å². The Balaban J connectivity index is 2.37. The van der Waals surface area contributed by atoms with E-state index in [0.29, 0.717) is 18.0 Å². The Labute approximate surface area is 104 Å². The second-order valence-electron chi connectivity index (χ2n) is 3.36. The largest absolute Gasteiger partial charge is 0.299 e. The molecule has 1 rings (SSSR count). The standard InChI is InChI=1S/C12H15BrOS/c1-2-3-6-10(14)9-15-12-8-5-4-7-11(12)13/h4-5,7-8H,2-3,6,9H2,1H3. The summed E-state index contributed by atoms with van der Waals surface area (Å²) in [6, 6.07) is 8.00. The lowest BCUT2D eigenvalue weighted by molar-refractivity contribution is -0.116. The number of unbranched alkanes of at least 4 members (excludes halogenated alkanes) is 1. The molecule has 0 N–H and O–H groups in total.